The fourth-order valence-electron chi connectivity index (χ4n) is 2.27. The molecular formula is C14H15N5O5S. The number of aromatic amines is 1. The zero-order valence-electron chi connectivity index (χ0n) is 13.7. The molecule has 0 aliphatic carbocycles. The molecule has 0 saturated carbocycles. The maximum absolute atomic E-state index is 12.3. The first-order chi connectivity index (χ1) is 11.8. The van der Waals surface area contributed by atoms with Crippen LogP contribution in [0.1, 0.15) is 17.5 Å². The molecule has 0 saturated heterocycles. The lowest BCUT2D eigenvalue weighted by Gasteiger charge is -2.11. The first-order valence-electron chi connectivity index (χ1n) is 7.28. The summed E-state index contributed by atoms with van der Waals surface area (Å²) in [6, 6.07) is 4.22. The highest BCUT2D eigenvalue weighted by Gasteiger charge is 2.21. The maximum Gasteiger partial charge on any atom is 0.378 e. The lowest BCUT2D eigenvalue weighted by Crippen LogP contribution is -2.22. The first-order valence-corrected chi connectivity index (χ1v) is 8.72. The highest BCUT2D eigenvalue weighted by molar-refractivity contribution is 7.89. The summed E-state index contributed by atoms with van der Waals surface area (Å²) in [6.07, 6.45) is 0. The molecule has 25 heavy (non-hydrogen) atoms. The second-order valence-corrected chi connectivity index (χ2v) is 7.47. The molecule has 0 aliphatic rings. The summed E-state index contributed by atoms with van der Waals surface area (Å²) in [5.74, 6) is -1.04. The lowest BCUT2D eigenvalue weighted by molar-refractivity contribution is 0.0512. The molecule has 0 spiro atoms. The topological polar surface area (TPSA) is 127 Å². The molecule has 132 valence electrons. The molecule has 0 bridgehead atoms. The van der Waals surface area contributed by atoms with Crippen LogP contribution < -0.4 is 5.69 Å². The number of ether oxygens (including phenoxy) is 1. The van der Waals surface area contributed by atoms with Crippen LogP contribution in [0.4, 0.5) is 0 Å². The van der Waals surface area contributed by atoms with Crippen LogP contribution in [-0.2, 0) is 14.8 Å². The molecule has 0 radical (unpaired) electrons. The van der Waals surface area contributed by atoms with E-state index in [4.69, 9.17) is 4.74 Å². The quantitative estimate of drug-likeness (QED) is 0.645. The average molecular weight is 365 g/mol. The van der Waals surface area contributed by atoms with Gasteiger partial charge < -0.3 is 9.72 Å². The van der Waals surface area contributed by atoms with Gasteiger partial charge >= 0.3 is 11.7 Å². The van der Waals surface area contributed by atoms with Gasteiger partial charge in [0, 0.05) is 19.5 Å². The minimum Gasteiger partial charge on any atom is -0.460 e. The van der Waals surface area contributed by atoms with Crippen LogP contribution in [0.3, 0.4) is 0 Å². The largest absolute Gasteiger partial charge is 0.460 e. The van der Waals surface area contributed by atoms with Gasteiger partial charge in [0.25, 0.3) is 5.82 Å². The SMILES string of the molecule is CCOC(=O)c1nc2c3cc(S(=O)(=O)N(C)C)ccc3[nH]c(=O)n2n1. The fraction of sp³-hybridized carbons (Fsp3) is 0.286. The predicted molar refractivity (Wildman–Crippen MR) is 87.9 cm³/mol. The highest BCUT2D eigenvalue weighted by atomic mass is 32.2. The van der Waals surface area contributed by atoms with Crippen LogP contribution in [0.5, 0.6) is 0 Å². The average Bonchev–Trinajstić information content (AvgIpc) is 3.01. The van der Waals surface area contributed by atoms with Gasteiger partial charge in [-0.3, -0.25) is 0 Å². The Morgan fingerprint density at radius 1 is 1.36 bits per heavy atom. The molecule has 11 heteroatoms. The number of benzene rings is 1. The molecule has 0 unspecified atom stereocenters. The Bertz CT molecular complexity index is 1150. The summed E-state index contributed by atoms with van der Waals surface area (Å²) >= 11 is 0. The number of sulfonamides is 1. The van der Waals surface area contributed by atoms with Crippen LogP contribution >= 0.6 is 0 Å². The van der Waals surface area contributed by atoms with Crippen LogP contribution in [0, 0.1) is 0 Å². The van der Waals surface area contributed by atoms with E-state index in [0.29, 0.717) is 10.9 Å². The maximum atomic E-state index is 12.3. The van der Waals surface area contributed by atoms with Crippen molar-refractivity contribution in [3.8, 4) is 0 Å². The van der Waals surface area contributed by atoms with Crippen molar-refractivity contribution in [2.24, 2.45) is 0 Å². The van der Waals surface area contributed by atoms with Gasteiger partial charge in [-0.1, -0.05) is 0 Å². The van der Waals surface area contributed by atoms with Gasteiger partial charge in [-0.15, -0.1) is 5.10 Å². The summed E-state index contributed by atoms with van der Waals surface area (Å²) in [4.78, 5) is 30.5. The number of carbonyl (C=O) groups is 1. The van der Waals surface area contributed by atoms with E-state index in [1.165, 1.54) is 32.3 Å². The molecule has 3 aromatic rings. The number of carbonyl (C=O) groups excluding carboxylic acids is 1. The van der Waals surface area contributed by atoms with Crippen molar-refractivity contribution < 1.29 is 17.9 Å². The molecule has 1 N–H and O–H groups in total. The zero-order chi connectivity index (χ0) is 18.4. The summed E-state index contributed by atoms with van der Waals surface area (Å²) in [6.45, 7) is 1.77. The van der Waals surface area contributed by atoms with E-state index in [2.05, 4.69) is 15.1 Å². The standard InChI is InChI=1S/C14H15N5O5S/c1-4-24-13(20)11-16-12-9-7-8(25(22,23)18(2)3)5-6-10(9)15-14(21)19(12)17-11/h5-7H,4H2,1-3H3,(H,15,21). The van der Waals surface area contributed by atoms with E-state index in [0.717, 1.165) is 8.82 Å². The van der Waals surface area contributed by atoms with Crippen LogP contribution in [0.2, 0.25) is 0 Å². The van der Waals surface area contributed by atoms with E-state index in [1.54, 1.807) is 6.92 Å². The lowest BCUT2D eigenvalue weighted by atomic mass is 10.2. The number of hydrogen-bond donors (Lipinski definition) is 1. The van der Waals surface area contributed by atoms with E-state index in [1.807, 2.05) is 0 Å². The second kappa shape index (κ2) is 5.93. The van der Waals surface area contributed by atoms with Crippen molar-refractivity contribution in [2.75, 3.05) is 20.7 Å². The molecule has 0 fully saturated rings. The van der Waals surface area contributed by atoms with Crippen LogP contribution in [-0.4, -0.2) is 59.0 Å². The zero-order valence-corrected chi connectivity index (χ0v) is 14.5. The van der Waals surface area contributed by atoms with Gasteiger partial charge in [-0.25, -0.2) is 27.3 Å². The van der Waals surface area contributed by atoms with Gasteiger partial charge in [-0.2, -0.15) is 4.52 Å². The van der Waals surface area contributed by atoms with Gasteiger partial charge in [0.1, 0.15) is 0 Å². The Morgan fingerprint density at radius 3 is 2.72 bits per heavy atom. The van der Waals surface area contributed by atoms with Crippen molar-refractivity contribution >= 4 is 32.5 Å². The molecule has 2 aromatic heterocycles. The second-order valence-electron chi connectivity index (χ2n) is 5.32. The summed E-state index contributed by atoms with van der Waals surface area (Å²) < 4.78 is 31.4. The minimum absolute atomic E-state index is 0.0274. The fourth-order valence-corrected chi connectivity index (χ4v) is 3.20. The third-order valence-corrected chi connectivity index (χ3v) is 5.32. The molecule has 0 aliphatic heterocycles. The number of fused-ring (bicyclic) bond motifs is 3. The van der Waals surface area contributed by atoms with Gasteiger partial charge in [0.15, 0.2) is 5.65 Å². The number of esters is 1. The highest BCUT2D eigenvalue weighted by Crippen LogP contribution is 2.21. The number of H-pyrrole nitrogens is 1. The van der Waals surface area contributed by atoms with Crippen LogP contribution in [0.25, 0.3) is 16.6 Å². The summed E-state index contributed by atoms with van der Waals surface area (Å²) in [5.41, 5.74) is -0.163. The smallest absolute Gasteiger partial charge is 0.378 e. The number of hydrogen-bond acceptors (Lipinski definition) is 7. The Hall–Kier alpha value is -2.79. The normalized spacial score (nSPS) is 12.2. The van der Waals surface area contributed by atoms with Crippen molar-refractivity contribution in [3.63, 3.8) is 0 Å². The number of nitrogens with one attached hydrogen (secondary N) is 1. The van der Waals surface area contributed by atoms with E-state index >= 15 is 0 Å². The molecule has 2 heterocycles. The monoisotopic (exact) mass is 365 g/mol. The Labute approximate surface area is 142 Å². The number of aromatic nitrogens is 4. The molecule has 3 rings (SSSR count). The first kappa shape index (κ1) is 17.0. The predicted octanol–water partition coefficient (Wildman–Crippen LogP) is -0.00220. The molecule has 10 nitrogen and oxygen atoms in total. The van der Waals surface area contributed by atoms with Gasteiger partial charge in [-0.05, 0) is 25.1 Å². The molecule has 0 amide bonds. The third-order valence-electron chi connectivity index (χ3n) is 3.51. The molecule has 1 aromatic carbocycles. The molecular weight excluding hydrogens is 350 g/mol. The van der Waals surface area contributed by atoms with Crippen molar-refractivity contribution in [1.82, 2.24) is 23.9 Å². The Kier molecular flexibility index (Phi) is 4.05. The molecule has 0 atom stereocenters. The number of nitrogens with zero attached hydrogens (tertiary/aromatic N) is 4. The van der Waals surface area contributed by atoms with E-state index < -0.39 is 21.7 Å². The Balaban J connectivity index is 2.32. The van der Waals surface area contributed by atoms with Crippen LogP contribution in [0.15, 0.2) is 27.9 Å². The van der Waals surface area contributed by atoms with Gasteiger partial charge in [0.2, 0.25) is 10.0 Å². The minimum atomic E-state index is -3.67. The van der Waals surface area contributed by atoms with E-state index in [-0.39, 0.29) is 23.0 Å². The van der Waals surface area contributed by atoms with Crippen molar-refractivity contribution in [1.29, 1.82) is 0 Å². The Morgan fingerprint density at radius 2 is 2.08 bits per heavy atom. The third kappa shape index (κ3) is 2.76. The summed E-state index contributed by atoms with van der Waals surface area (Å²) in [7, 11) is -0.844. The van der Waals surface area contributed by atoms with Crippen molar-refractivity contribution in [3.05, 3.63) is 34.5 Å². The van der Waals surface area contributed by atoms with E-state index in [9.17, 15) is 18.0 Å². The number of rotatable bonds is 4. The van der Waals surface area contributed by atoms with Gasteiger partial charge in [0.05, 0.1) is 17.0 Å². The summed E-state index contributed by atoms with van der Waals surface area (Å²) in [5, 5.41) is 4.17. The van der Waals surface area contributed by atoms with Crippen molar-refractivity contribution in [2.45, 2.75) is 11.8 Å².